The molecule has 0 aromatic heterocycles. The fraction of sp³-hybridized carbons (Fsp3) is 0.875. The van der Waals surface area contributed by atoms with Crippen molar-refractivity contribution < 1.29 is 9.90 Å². The molecule has 0 unspecified atom stereocenters. The van der Waals surface area contributed by atoms with E-state index in [1.807, 2.05) is 20.8 Å². The Labute approximate surface area is 62.2 Å². The normalized spacial score (nSPS) is 11.5. The average Bonchev–Trinajstić information content (AvgIpc) is 1.92. The Morgan fingerprint density at radius 2 is 1.40 bits per heavy atom. The van der Waals surface area contributed by atoms with Crippen molar-refractivity contribution in [1.29, 1.82) is 0 Å². The van der Waals surface area contributed by atoms with Gasteiger partial charge in [-0.3, -0.25) is 0 Å². The maximum atomic E-state index is 10.6. The van der Waals surface area contributed by atoms with Gasteiger partial charge in [0.1, 0.15) is 0 Å². The summed E-state index contributed by atoms with van der Waals surface area (Å²) >= 11 is 0. The van der Waals surface area contributed by atoms with Crippen LogP contribution in [-0.2, 0) is 9.90 Å². The summed E-state index contributed by atoms with van der Waals surface area (Å²) in [5, 5.41) is 10.6. The summed E-state index contributed by atoms with van der Waals surface area (Å²) < 4.78 is 0. The molecule has 0 saturated heterocycles. The largest absolute Gasteiger partial charge is 0.361 e. The lowest BCUT2D eigenvalue weighted by Crippen LogP contribution is -2.27. The van der Waals surface area contributed by atoms with Crippen molar-refractivity contribution in [3.05, 3.63) is 0 Å². The first kappa shape index (κ1) is 9.47. The van der Waals surface area contributed by atoms with Gasteiger partial charge in [-0.1, -0.05) is 20.8 Å². The lowest BCUT2D eigenvalue weighted by atomic mass is 9.80. The van der Waals surface area contributed by atoms with E-state index in [0.717, 1.165) is 0 Å². The third-order valence-corrected chi connectivity index (χ3v) is 2.46. The van der Waals surface area contributed by atoms with Gasteiger partial charge in [0.25, 0.3) is 0 Å². The van der Waals surface area contributed by atoms with Gasteiger partial charge in [-0.05, 0) is 19.3 Å². The maximum absolute atomic E-state index is 10.6. The van der Waals surface area contributed by atoms with Crippen LogP contribution in [0.1, 0.15) is 40.0 Å². The molecule has 0 atom stereocenters. The van der Waals surface area contributed by atoms with Crippen molar-refractivity contribution in [3.63, 3.8) is 0 Å². The standard InChI is InChI=1S/C8H15O2/c1-4-8(5-2,6-3)7(9)10/h4-6H2,1-3H3. The Hall–Kier alpha value is -0.530. The summed E-state index contributed by atoms with van der Waals surface area (Å²) in [4.78, 5) is 10.6. The third-order valence-electron chi connectivity index (χ3n) is 2.46. The summed E-state index contributed by atoms with van der Waals surface area (Å²) in [5.74, 6) is -0.903. The summed E-state index contributed by atoms with van der Waals surface area (Å²) in [5.41, 5.74) is -0.569. The summed E-state index contributed by atoms with van der Waals surface area (Å²) in [6.07, 6.45) is 2.01. The summed E-state index contributed by atoms with van der Waals surface area (Å²) in [6, 6.07) is 0. The van der Waals surface area contributed by atoms with Crippen LogP contribution in [0.25, 0.3) is 0 Å². The highest BCUT2D eigenvalue weighted by molar-refractivity contribution is 5.73. The molecule has 0 bridgehead atoms. The zero-order chi connectivity index (χ0) is 8.20. The molecule has 2 heteroatoms. The Bertz CT molecular complexity index is 106. The second kappa shape index (κ2) is 3.59. The van der Waals surface area contributed by atoms with Crippen molar-refractivity contribution >= 4 is 5.97 Å². The SMILES string of the molecule is CCC(CC)(CC)C([O])=O. The van der Waals surface area contributed by atoms with Gasteiger partial charge >= 0.3 is 5.97 Å². The van der Waals surface area contributed by atoms with E-state index < -0.39 is 11.4 Å². The first-order valence-corrected chi connectivity index (χ1v) is 3.84. The molecule has 0 spiro atoms. The molecule has 10 heavy (non-hydrogen) atoms. The van der Waals surface area contributed by atoms with Crippen LogP contribution in [0, 0.1) is 5.41 Å². The van der Waals surface area contributed by atoms with Gasteiger partial charge in [0.15, 0.2) is 0 Å². The zero-order valence-corrected chi connectivity index (χ0v) is 6.94. The molecular weight excluding hydrogens is 128 g/mol. The summed E-state index contributed by atoms with van der Waals surface area (Å²) in [6.45, 7) is 5.68. The van der Waals surface area contributed by atoms with Crippen LogP contribution in [0.5, 0.6) is 0 Å². The van der Waals surface area contributed by atoms with Gasteiger partial charge in [-0.25, -0.2) is 9.90 Å². The molecule has 0 saturated carbocycles. The van der Waals surface area contributed by atoms with Gasteiger partial charge in [-0.2, -0.15) is 0 Å². The zero-order valence-electron chi connectivity index (χ0n) is 6.94. The smallest absolute Gasteiger partial charge is 0.247 e. The fourth-order valence-corrected chi connectivity index (χ4v) is 1.18. The van der Waals surface area contributed by atoms with Gasteiger partial charge < -0.3 is 0 Å². The number of carbonyl (C=O) groups excluding carboxylic acids is 1. The molecule has 0 heterocycles. The molecular formula is C8H15O2. The molecule has 0 amide bonds. The monoisotopic (exact) mass is 143 g/mol. The van der Waals surface area contributed by atoms with Gasteiger partial charge in [0, 0.05) is 0 Å². The van der Waals surface area contributed by atoms with Crippen molar-refractivity contribution in [3.8, 4) is 0 Å². The van der Waals surface area contributed by atoms with E-state index in [-0.39, 0.29) is 0 Å². The molecule has 0 rings (SSSR count). The van der Waals surface area contributed by atoms with Gasteiger partial charge in [-0.15, -0.1) is 0 Å². The lowest BCUT2D eigenvalue weighted by Gasteiger charge is -2.22. The van der Waals surface area contributed by atoms with Crippen LogP contribution >= 0.6 is 0 Å². The molecule has 1 radical (unpaired) electrons. The minimum atomic E-state index is -0.903. The second-order valence-corrected chi connectivity index (χ2v) is 2.63. The van der Waals surface area contributed by atoms with Crippen molar-refractivity contribution in [2.24, 2.45) is 5.41 Å². The molecule has 0 aliphatic rings. The fourth-order valence-electron chi connectivity index (χ4n) is 1.18. The van der Waals surface area contributed by atoms with E-state index in [1.165, 1.54) is 0 Å². The predicted molar refractivity (Wildman–Crippen MR) is 39.0 cm³/mol. The topological polar surface area (TPSA) is 37.0 Å². The van der Waals surface area contributed by atoms with E-state index in [2.05, 4.69) is 0 Å². The molecule has 0 fully saturated rings. The van der Waals surface area contributed by atoms with Crippen LogP contribution in [0.4, 0.5) is 0 Å². The minimum absolute atomic E-state index is 0.569. The van der Waals surface area contributed by atoms with Gasteiger partial charge in [0.05, 0.1) is 5.41 Å². The number of rotatable bonds is 4. The molecule has 0 aromatic carbocycles. The average molecular weight is 143 g/mol. The second-order valence-electron chi connectivity index (χ2n) is 2.63. The number of hydrogen-bond acceptors (Lipinski definition) is 1. The Balaban J connectivity index is 4.31. The molecule has 59 valence electrons. The predicted octanol–water partition coefficient (Wildman–Crippen LogP) is 2.16. The van der Waals surface area contributed by atoms with Crippen molar-refractivity contribution in [2.75, 3.05) is 0 Å². The Morgan fingerprint density at radius 1 is 1.10 bits per heavy atom. The number of hydrogen-bond donors (Lipinski definition) is 0. The van der Waals surface area contributed by atoms with E-state index in [9.17, 15) is 9.90 Å². The van der Waals surface area contributed by atoms with Crippen LogP contribution in [-0.4, -0.2) is 5.97 Å². The summed E-state index contributed by atoms with van der Waals surface area (Å²) in [7, 11) is 0. The Kier molecular flexibility index (Phi) is 3.40. The quantitative estimate of drug-likeness (QED) is 0.594. The van der Waals surface area contributed by atoms with Crippen LogP contribution in [0.15, 0.2) is 0 Å². The molecule has 0 aliphatic heterocycles. The molecule has 2 nitrogen and oxygen atoms in total. The first-order valence-electron chi connectivity index (χ1n) is 3.84. The maximum Gasteiger partial charge on any atom is 0.361 e. The van der Waals surface area contributed by atoms with E-state index in [4.69, 9.17) is 0 Å². The van der Waals surface area contributed by atoms with E-state index >= 15 is 0 Å². The lowest BCUT2D eigenvalue weighted by molar-refractivity contribution is -0.156. The van der Waals surface area contributed by atoms with Crippen molar-refractivity contribution in [1.82, 2.24) is 0 Å². The highest BCUT2D eigenvalue weighted by atomic mass is 16.4. The van der Waals surface area contributed by atoms with E-state index in [0.29, 0.717) is 19.3 Å². The molecule has 0 N–H and O–H groups in total. The first-order chi connectivity index (χ1) is 4.63. The van der Waals surface area contributed by atoms with Crippen LogP contribution < -0.4 is 0 Å². The Morgan fingerprint density at radius 3 is 1.40 bits per heavy atom. The van der Waals surface area contributed by atoms with Crippen LogP contribution in [0.3, 0.4) is 0 Å². The van der Waals surface area contributed by atoms with Crippen molar-refractivity contribution in [2.45, 2.75) is 40.0 Å². The molecule has 0 aliphatic carbocycles. The number of carbonyl (C=O) groups is 1. The van der Waals surface area contributed by atoms with E-state index in [1.54, 1.807) is 0 Å². The molecule has 0 aromatic rings. The van der Waals surface area contributed by atoms with Gasteiger partial charge in [0.2, 0.25) is 0 Å². The highest BCUT2D eigenvalue weighted by Crippen LogP contribution is 2.30. The van der Waals surface area contributed by atoms with Crippen LogP contribution in [0.2, 0.25) is 0 Å². The highest BCUT2D eigenvalue weighted by Gasteiger charge is 2.33. The third kappa shape index (κ3) is 1.49. The minimum Gasteiger partial charge on any atom is -0.247 e.